The normalized spacial score (nSPS) is 15.7. The van der Waals surface area contributed by atoms with Crippen LogP contribution in [0.3, 0.4) is 0 Å². The fraction of sp³-hybridized carbons (Fsp3) is 0.421. The molecule has 26 heavy (non-hydrogen) atoms. The average molecular weight is 360 g/mol. The van der Waals surface area contributed by atoms with E-state index < -0.39 is 17.7 Å². The summed E-state index contributed by atoms with van der Waals surface area (Å²) in [5, 5.41) is 5.68. The number of unbranched alkanes of at least 4 members (excludes halogenated alkanes) is 2. The second kappa shape index (κ2) is 8.51. The summed E-state index contributed by atoms with van der Waals surface area (Å²) in [4.78, 5) is 35.7. The lowest BCUT2D eigenvalue weighted by molar-refractivity contribution is -0.222. The van der Waals surface area contributed by atoms with Gasteiger partial charge in [-0.3, -0.25) is 4.79 Å². The molecule has 0 unspecified atom stereocenters. The van der Waals surface area contributed by atoms with E-state index >= 15 is 0 Å². The average Bonchev–Trinajstić information content (AvgIpc) is 2.53. The van der Waals surface area contributed by atoms with Crippen molar-refractivity contribution in [3.8, 4) is 0 Å². The lowest BCUT2D eigenvalue weighted by Crippen LogP contribution is -2.42. The first kappa shape index (κ1) is 19.5. The van der Waals surface area contributed by atoms with Crippen LogP contribution in [0.1, 0.15) is 46.5 Å². The molecule has 0 spiro atoms. The molecule has 0 bridgehead atoms. The summed E-state index contributed by atoms with van der Waals surface area (Å²) in [6, 6.07) is 6.97. The number of anilines is 2. The number of benzene rings is 1. The summed E-state index contributed by atoms with van der Waals surface area (Å²) in [6.07, 6.45) is 4.65. The Balaban J connectivity index is 1.99. The van der Waals surface area contributed by atoms with E-state index in [9.17, 15) is 14.4 Å². The van der Waals surface area contributed by atoms with Crippen molar-refractivity contribution in [3.05, 3.63) is 36.0 Å². The Hall–Kier alpha value is -2.83. The van der Waals surface area contributed by atoms with E-state index in [0.717, 1.165) is 19.3 Å². The Kier molecular flexibility index (Phi) is 6.38. The zero-order valence-electron chi connectivity index (χ0n) is 15.3. The van der Waals surface area contributed by atoms with Crippen LogP contribution in [0.15, 0.2) is 36.0 Å². The monoisotopic (exact) mass is 360 g/mol. The second-order valence-electron chi connectivity index (χ2n) is 6.47. The first-order valence-electron chi connectivity index (χ1n) is 8.64. The van der Waals surface area contributed by atoms with E-state index in [4.69, 9.17) is 9.47 Å². The van der Waals surface area contributed by atoms with Crippen LogP contribution in [0, 0.1) is 0 Å². The molecular formula is C19H24N2O5. The highest BCUT2D eigenvalue weighted by Crippen LogP contribution is 2.23. The molecule has 1 aliphatic rings. The van der Waals surface area contributed by atoms with E-state index in [0.29, 0.717) is 17.8 Å². The molecule has 2 N–H and O–H groups in total. The van der Waals surface area contributed by atoms with Gasteiger partial charge in [0.2, 0.25) is 5.91 Å². The van der Waals surface area contributed by atoms with E-state index in [1.165, 1.54) is 20.0 Å². The zero-order valence-corrected chi connectivity index (χ0v) is 15.3. The summed E-state index contributed by atoms with van der Waals surface area (Å²) < 4.78 is 10.0. The maximum Gasteiger partial charge on any atom is 0.350 e. The number of hydrogen-bond acceptors (Lipinski definition) is 6. The van der Waals surface area contributed by atoms with Crippen LogP contribution >= 0.6 is 0 Å². The van der Waals surface area contributed by atoms with Crippen molar-refractivity contribution < 1.29 is 23.9 Å². The van der Waals surface area contributed by atoms with E-state index in [1.54, 1.807) is 24.3 Å². The number of esters is 2. The zero-order chi connectivity index (χ0) is 19.2. The van der Waals surface area contributed by atoms with Gasteiger partial charge in [-0.15, -0.1) is 0 Å². The van der Waals surface area contributed by atoms with Crippen LogP contribution in [0.25, 0.3) is 0 Å². The SMILES string of the molecule is CCCCCC(=O)Nc1cccc(NC=C2C(=O)OC(C)(C)OC2=O)c1. The van der Waals surface area contributed by atoms with Gasteiger partial charge in [0.1, 0.15) is 0 Å². The largest absolute Gasteiger partial charge is 0.419 e. The number of ether oxygens (including phenoxy) is 2. The van der Waals surface area contributed by atoms with E-state index in [-0.39, 0.29) is 11.5 Å². The van der Waals surface area contributed by atoms with Crippen molar-refractivity contribution in [1.82, 2.24) is 0 Å². The van der Waals surface area contributed by atoms with Gasteiger partial charge in [0.25, 0.3) is 5.79 Å². The molecule has 0 aromatic heterocycles. The maximum absolute atomic E-state index is 11.9. The van der Waals surface area contributed by atoms with Crippen LogP contribution in [0.4, 0.5) is 11.4 Å². The molecular weight excluding hydrogens is 336 g/mol. The number of nitrogens with one attached hydrogen (secondary N) is 2. The van der Waals surface area contributed by atoms with Gasteiger partial charge in [0.15, 0.2) is 5.57 Å². The maximum atomic E-state index is 11.9. The summed E-state index contributed by atoms with van der Waals surface area (Å²) in [5.74, 6) is -2.82. The van der Waals surface area contributed by atoms with E-state index in [2.05, 4.69) is 17.6 Å². The molecule has 1 fully saturated rings. The van der Waals surface area contributed by atoms with Gasteiger partial charge < -0.3 is 20.1 Å². The van der Waals surface area contributed by atoms with Gasteiger partial charge in [0.05, 0.1) is 0 Å². The Morgan fingerprint density at radius 3 is 2.42 bits per heavy atom. The molecule has 0 saturated carbocycles. The van der Waals surface area contributed by atoms with E-state index in [1.807, 2.05) is 0 Å². The van der Waals surface area contributed by atoms with Crippen molar-refractivity contribution in [2.24, 2.45) is 0 Å². The predicted molar refractivity (Wildman–Crippen MR) is 97.2 cm³/mol. The minimum atomic E-state index is -1.27. The molecule has 0 radical (unpaired) electrons. The number of carbonyl (C=O) groups is 3. The Morgan fingerprint density at radius 2 is 1.77 bits per heavy atom. The van der Waals surface area contributed by atoms with Gasteiger partial charge in [-0.25, -0.2) is 9.59 Å². The third-order valence-corrected chi connectivity index (χ3v) is 3.65. The van der Waals surface area contributed by atoms with Crippen LogP contribution in [-0.4, -0.2) is 23.6 Å². The lowest BCUT2D eigenvalue weighted by Gasteiger charge is -2.29. The third kappa shape index (κ3) is 5.61. The summed E-state index contributed by atoms with van der Waals surface area (Å²) in [6.45, 7) is 5.06. The minimum Gasteiger partial charge on any atom is -0.419 e. The highest BCUT2D eigenvalue weighted by Gasteiger charge is 2.38. The molecule has 1 aromatic carbocycles. The van der Waals surface area contributed by atoms with Gasteiger partial charge in [-0.1, -0.05) is 25.8 Å². The van der Waals surface area contributed by atoms with Crippen molar-refractivity contribution in [2.75, 3.05) is 10.6 Å². The van der Waals surface area contributed by atoms with Crippen molar-refractivity contribution in [2.45, 2.75) is 52.2 Å². The molecule has 1 aliphatic heterocycles. The molecule has 0 atom stereocenters. The molecule has 140 valence electrons. The minimum absolute atomic E-state index is 0.0457. The molecule has 7 nitrogen and oxygen atoms in total. The molecule has 1 aromatic rings. The number of amides is 1. The van der Waals surface area contributed by atoms with Gasteiger partial charge in [-0.2, -0.15) is 0 Å². The Morgan fingerprint density at radius 1 is 1.12 bits per heavy atom. The molecule has 1 heterocycles. The number of cyclic esters (lactones) is 2. The second-order valence-corrected chi connectivity index (χ2v) is 6.47. The van der Waals surface area contributed by atoms with Crippen molar-refractivity contribution in [3.63, 3.8) is 0 Å². The van der Waals surface area contributed by atoms with Crippen LogP contribution in [0.2, 0.25) is 0 Å². The van der Waals surface area contributed by atoms with Crippen molar-refractivity contribution >= 4 is 29.2 Å². The highest BCUT2D eigenvalue weighted by atomic mass is 16.7. The smallest absolute Gasteiger partial charge is 0.350 e. The quantitative estimate of drug-likeness (QED) is 0.335. The third-order valence-electron chi connectivity index (χ3n) is 3.65. The first-order valence-corrected chi connectivity index (χ1v) is 8.64. The molecule has 2 rings (SSSR count). The first-order chi connectivity index (χ1) is 12.3. The topological polar surface area (TPSA) is 93.7 Å². The van der Waals surface area contributed by atoms with Crippen LogP contribution in [-0.2, 0) is 23.9 Å². The standard InChI is InChI=1S/C19H24N2O5/c1-4-5-6-10-16(22)21-14-9-7-8-13(11-14)20-12-15-17(23)25-19(2,3)26-18(15)24/h7-9,11-12,20H,4-6,10H2,1-3H3,(H,21,22). The lowest BCUT2D eigenvalue weighted by atomic mass is 10.2. The molecule has 7 heteroatoms. The van der Waals surface area contributed by atoms with Gasteiger partial charge in [-0.05, 0) is 24.6 Å². The summed E-state index contributed by atoms with van der Waals surface area (Å²) in [5.41, 5.74) is 1.01. The predicted octanol–water partition coefficient (Wildman–Crippen LogP) is 3.34. The number of rotatable bonds is 7. The molecule has 0 aliphatic carbocycles. The Labute approximate surface area is 152 Å². The summed E-state index contributed by atoms with van der Waals surface area (Å²) >= 11 is 0. The van der Waals surface area contributed by atoms with Gasteiger partial charge in [0, 0.05) is 37.8 Å². The van der Waals surface area contributed by atoms with Crippen molar-refractivity contribution in [1.29, 1.82) is 0 Å². The fourth-order valence-corrected chi connectivity index (χ4v) is 2.38. The number of carbonyl (C=O) groups excluding carboxylic acids is 3. The van der Waals surface area contributed by atoms with Crippen LogP contribution < -0.4 is 10.6 Å². The van der Waals surface area contributed by atoms with Crippen LogP contribution in [0.5, 0.6) is 0 Å². The highest BCUT2D eigenvalue weighted by molar-refractivity contribution is 6.15. The van der Waals surface area contributed by atoms with Gasteiger partial charge >= 0.3 is 11.9 Å². The summed E-state index contributed by atoms with van der Waals surface area (Å²) in [7, 11) is 0. The fourth-order valence-electron chi connectivity index (χ4n) is 2.38. The molecule has 1 saturated heterocycles. The Bertz CT molecular complexity index is 702. The molecule has 1 amide bonds. The number of hydrogen-bond donors (Lipinski definition) is 2.